The zero-order valence-corrected chi connectivity index (χ0v) is 14.5. The van der Waals surface area contributed by atoms with Crippen molar-refractivity contribution in [1.29, 1.82) is 0 Å². The first-order valence-electron chi connectivity index (χ1n) is 8.05. The Balaban J connectivity index is 1.80. The van der Waals surface area contributed by atoms with Gasteiger partial charge in [-0.2, -0.15) is 18.0 Å². The monoisotopic (exact) mass is 393 g/mol. The Morgan fingerprint density at radius 1 is 1.25 bits per heavy atom. The molecule has 12 heteroatoms. The Morgan fingerprint density at radius 3 is 2.68 bits per heavy atom. The number of hydrogen-bond donors (Lipinski definition) is 1. The molecule has 0 radical (unpaired) electrons. The Morgan fingerprint density at radius 2 is 2.00 bits per heavy atom. The van der Waals surface area contributed by atoms with Crippen molar-refractivity contribution >= 4 is 17.5 Å². The lowest BCUT2D eigenvalue weighted by Gasteiger charge is -2.10. The summed E-state index contributed by atoms with van der Waals surface area (Å²) in [6.07, 6.45) is -1.73. The molecule has 2 heterocycles. The molecule has 146 valence electrons. The molecule has 0 spiro atoms. The summed E-state index contributed by atoms with van der Waals surface area (Å²) in [6, 6.07) is 4.47. The minimum atomic E-state index is -4.42. The van der Waals surface area contributed by atoms with Crippen LogP contribution in [-0.2, 0) is 22.3 Å². The van der Waals surface area contributed by atoms with Gasteiger partial charge >= 0.3 is 12.1 Å². The molecule has 0 aliphatic carbocycles. The van der Waals surface area contributed by atoms with Crippen molar-refractivity contribution < 1.29 is 22.7 Å². The van der Waals surface area contributed by atoms with Crippen LogP contribution in [-0.4, -0.2) is 42.8 Å². The van der Waals surface area contributed by atoms with Gasteiger partial charge in [-0.1, -0.05) is 0 Å². The fourth-order valence-corrected chi connectivity index (χ4v) is 2.21. The number of nitrogens with zero attached hydrogens (tertiary/aromatic N) is 6. The lowest BCUT2D eigenvalue weighted by molar-refractivity contribution is -0.144. The molecule has 3 rings (SSSR count). The van der Waals surface area contributed by atoms with Gasteiger partial charge in [-0.3, -0.25) is 0 Å². The van der Waals surface area contributed by atoms with Gasteiger partial charge in [0.1, 0.15) is 12.1 Å². The van der Waals surface area contributed by atoms with E-state index in [9.17, 15) is 18.0 Å². The maximum atomic E-state index is 12.7. The fraction of sp³-hybridized carbons (Fsp3) is 0.250. The molecule has 0 aliphatic rings. The molecule has 0 saturated heterocycles. The van der Waals surface area contributed by atoms with E-state index in [4.69, 9.17) is 4.74 Å². The molecular formula is C16H14F3N7O2. The number of carbonyl (C=O) groups is 1. The second-order valence-corrected chi connectivity index (χ2v) is 5.43. The highest BCUT2D eigenvalue weighted by atomic mass is 19.4. The Labute approximate surface area is 156 Å². The van der Waals surface area contributed by atoms with Crippen molar-refractivity contribution in [3.63, 3.8) is 0 Å². The summed E-state index contributed by atoms with van der Waals surface area (Å²) >= 11 is 0. The van der Waals surface area contributed by atoms with Crippen molar-refractivity contribution in [3.05, 3.63) is 42.4 Å². The van der Waals surface area contributed by atoms with E-state index in [0.717, 1.165) is 16.9 Å². The minimum Gasteiger partial charge on any atom is -0.465 e. The van der Waals surface area contributed by atoms with Gasteiger partial charge in [0.15, 0.2) is 6.54 Å². The molecule has 0 amide bonds. The van der Waals surface area contributed by atoms with E-state index in [1.165, 1.54) is 24.7 Å². The number of esters is 1. The first kappa shape index (κ1) is 19.2. The number of tetrazole rings is 1. The third-order valence-corrected chi connectivity index (χ3v) is 3.46. The predicted octanol–water partition coefficient (Wildman–Crippen LogP) is 2.46. The number of hydrogen-bond acceptors (Lipinski definition) is 8. The second kappa shape index (κ2) is 7.98. The molecule has 0 bridgehead atoms. The zero-order valence-electron chi connectivity index (χ0n) is 14.5. The van der Waals surface area contributed by atoms with Crippen molar-refractivity contribution in [1.82, 2.24) is 30.2 Å². The van der Waals surface area contributed by atoms with E-state index in [1.54, 1.807) is 6.92 Å². The smallest absolute Gasteiger partial charge is 0.416 e. The van der Waals surface area contributed by atoms with Crippen LogP contribution in [0.4, 0.5) is 24.7 Å². The minimum absolute atomic E-state index is 0.138. The molecule has 28 heavy (non-hydrogen) atoms. The standard InChI is InChI=1S/C16H14F3N7O2/c1-2-28-13(27)8-26-24-15(23-25-26)12-7-20-9-21-14(12)22-11-5-3-10(4-6-11)16(17,18)19/h3-7,9H,2,8H2,1H3,(H,20,21,22). The molecule has 0 saturated carbocycles. The van der Waals surface area contributed by atoms with Crippen LogP contribution >= 0.6 is 0 Å². The van der Waals surface area contributed by atoms with Crippen LogP contribution < -0.4 is 5.32 Å². The van der Waals surface area contributed by atoms with Crippen LogP contribution in [0.5, 0.6) is 0 Å². The largest absolute Gasteiger partial charge is 0.465 e. The average Bonchev–Trinajstić information content (AvgIpc) is 3.10. The molecule has 1 N–H and O–H groups in total. The van der Waals surface area contributed by atoms with Gasteiger partial charge in [0.2, 0.25) is 5.82 Å². The molecular weight excluding hydrogens is 379 g/mol. The Hall–Kier alpha value is -3.57. The number of carbonyl (C=O) groups excluding carboxylic acids is 1. The third kappa shape index (κ3) is 4.58. The van der Waals surface area contributed by atoms with Gasteiger partial charge in [-0.25, -0.2) is 14.8 Å². The van der Waals surface area contributed by atoms with E-state index in [2.05, 4.69) is 30.7 Å². The van der Waals surface area contributed by atoms with Gasteiger partial charge in [0.25, 0.3) is 0 Å². The Kier molecular flexibility index (Phi) is 5.47. The molecule has 3 aromatic rings. The summed E-state index contributed by atoms with van der Waals surface area (Å²) in [5.74, 6) is -0.108. The van der Waals surface area contributed by atoms with Gasteiger partial charge in [-0.05, 0) is 36.4 Å². The van der Waals surface area contributed by atoms with Gasteiger partial charge in [0, 0.05) is 11.9 Å². The van der Waals surface area contributed by atoms with Crippen LogP contribution in [0.15, 0.2) is 36.8 Å². The second-order valence-electron chi connectivity index (χ2n) is 5.43. The number of benzene rings is 1. The summed E-state index contributed by atoms with van der Waals surface area (Å²) < 4.78 is 42.8. The maximum absolute atomic E-state index is 12.7. The quantitative estimate of drug-likeness (QED) is 0.637. The zero-order chi connectivity index (χ0) is 20.1. The highest BCUT2D eigenvalue weighted by molar-refractivity contribution is 5.73. The number of anilines is 2. The topological polar surface area (TPSA) is 108 Å². The van der Waals surface area contributed by atoms with Crippen molar-refractivity contribution in [2.24, 2.45) is 0 Å². The van der Waals surface area contributed by atoms with Gasteiger partial charge < -0.3 is 10.1 Å². The highest BCUT2D eigenvalue weighted by Gasteiger charge is 2.30. The van der Waals surface area contributed by atoms with Crippen molar-refractivity contribution in [2.75, 3.05) is 11.9 Å². The van der Waals surface area contributed by atoms with E-state index < -0.39 is 17.7 Å². The normalized spacial score (nSPS) is 11.3. The number of nitrogens with one attached hydrogen (secondary N) is 1. The number of alkyl halides is 3. The van der Waals surface area contributed by atoms with Crippen LogP contribution in [0.2, 0.25) is 0 Å². The summed E-state index contributed by atoms with van der Waals surface area (Å²) in [5, 5.41) is 14.6. The lowest BCUT2D eigenvalue weighted by Crippen LogP contribution is -2.15. The lowest BCUT2D eigenvalue weighted by atomic mass is 10.2. The van der Waals surface area contributed by atoms with E-state index in [-0.39, 0.29) is 24.8 Å². The Bertz CT molecular complexity index is 957. The van der Waals surface area contributed by atoms with Gasteiger partial charge in [0.05, 0.1) is 17.7 Å². The van der Waals surface area contributed by atoms with E-state index >= 15 is 0 Å². The molecule has 0 fully saturated rings. The number of halogens is 3. The van der Waals surface area contributed by atoms with Crippen LogP contribution in [0, 0.1) is 0 Å². The molecule has 2 aromatic heterocycles. The van der Waals surface area contributed by atoms with E-state index in [1.807, 2.05) is 0 Å². The molecule has 1 aromatic carbocycles. The average molecular weight is 393 g/mol. The van der Waals surface area contributed by atoms with Gasteiger partial charge in [-0.15, -0.1) is 10.2 Å². The SMILES string of the molecule is CCOC(=O)Cn1nnc(-c2cncnc2Nc2ccc(C(F)(F)F)cc2)n1. The molecule has 9 nitrogen and oxygen atoms in total. The summed E-state index contributed by atoms with van der Waals surface area (Å²) in [5.41, 5.74) is -0.0195. The molecule has 0 atom stereocenters. The van der Waals surface area contributed by atoms with E-state index in [0.29, 0.717) is 11.3 Å². The fourth-order valence-electron chi connectivity index (χ4n) is 2.21. The highest BCUT2D eigenvalue weighted by Crippen LogP contribution is 2.31. The van der Waals surface area contributed by atoms with Crippen LogP contribution in [0.3, 0.4) is 0 Å². The first-order valence-corrected chi connectivity index (χ1v) is 8.05. The maximum Gasteiger partial charge on any atom is 0.416 e. The number of ether oxygens (including phenoxy) is 1. The number of rotatable bonds is 6. The van der Waals surface area contributed by atoms with Crippen molar-refractivity contribution in [2.45, 2.75) is 19.6 Å². The summed E-state index contributed by atoms with van der Waals surface area (Å²) in [7, 11) is 0. The van der Waals surface area contributed by atoms with Crippen LogP contribution in [0.25, 0.3) is 11.4 Å². The summed E-state index contributed by atoms with van der Waals surface area (Å²) in [4.78, 5) is 20.5. The predicted molar refractivity (Wildman–Crippen MR) is 90.2 cm³/mol. The first-order chi connectivity index (χ1) is 13.4. The molecule has 0 unspecified atom stereocenters. The van der Waals surface area contributed by atoms with Crippen LogP contribution in [0.1, 0.15) is 12.5 Å². The number of aromatic nitrogens is 6. The third-order valence-electron chi connectivity index (χ3n) is 3.46. The summed E-state index contributed by atoms with van der Waals surface area (Å²) in [6.45, 7) is 1.70. The van der Waals surface area contributed by atoms with Crippen molar-refractivity contribution in [3.8, 4) is 11.4 Å². The molecule has 0 aliphatic heterocycles.